The number of nitrogens with zero attached hydrogens (tertiary/aromatic N) is 3. The summed E-state index contributed by atoms with van der Waals surface area (Å²) >= 11 is 0. The summed E-state index contributed by atoms with van der Waals surface area (Å²) in [5.41, 5.74) is 0.598. The number of carbonyl (C=O) groups excluding carboxylic acids is 1. The van der Waals surface area contributed by atoms with Gasteiger partial charge in [-0.25, -0.2) is 4.98 Å². The van der Waals surface area contributed by atoms with Gasteiger partial charge in [-0.3, -0.25) is 4.79 Å². The second kappa shape index (κ2) is 5.57. The van der Waals surface area contributed by atoms with E-state index >= 15 is 0 Å². The Morgan fingerprint density at radius 1 is 1.37 bits per heavy atom. The van der Waals surface area contributed by atoms with Crippen molar-refractivity contribution in [2.24, 2.45) is 5.92 Å². The molecule has 1 saturated carbocycles. The molecule has 1 fully saturated rings. The number of anilines is 1. The van der Waals surface area contributed by atoms with Crippen LogP contribution in [0.2, 0.25) is 0 Å². The molecule has 0 unspecified atom stereocenters. The van der Waals surface area contributed by atoms with Gasteiger partial charge in [0.25, 0.3) is 5.91 Å². The maximum atomic E-state index is 11.7. The van der Waals surface area contributed by atoms with Crippen LogP contribution >= 0.6 is 0 Å². The van der Waals surface area contributed by atoms with Gasteiger partial charge in [-0.05, 0) is 30.9 Å². The topological polar surface area (TPSA) is 56.7 Å². The minimum absolute atomic E-state index is 0.0381. The van der Waals surface area contributed by atoms with Crippen molar-refractivity contribution in [3.8, 4) is 0 Å². The lowest BCUT2D eigenvalue weighted by Gasteiger charge is -2.34. The van der Waals surface area contributed by atoms with E-state index in [1.807, 2.05) is 13.1 Å². The monoisotopic (exact) mass is 263 g/mol. The summed E-state index contributed by atoms with van der Waals surface area (Å²) in [6.07, 6.45) is 3.25. The lowest BCUT2D eigenvalue weighted by molar-refractivity contribution is 0.0464. The van der Waals surface area contributed by atoms with Crippen molar-refractivity contribution < 1.29 is 9.90 Å². The third kappa shape index (κ3) is 3.23. The molecule has 0 saturated heterocycles. The van der Waals surface area contributed by atoms with E-state index < -0.39 is 0 Å². The van der Waals surface area contributed by atoms with Gasteiger partial charge >= 0.3 is 0 Å². The van der Waals surface area contributed by atoms with Crippen LogP contribution in [0.15, 0.2) is 18.3 Å². The van der Waals surface area contributed by atoms with Crippen molar-refractivity contribution >= 4 is 11.7 Å². The maximum absolute atomic E-state index is 11.7. The molecular formula is C14H21N3O2. The maximum Gasteiger partial charge on any atom is 0.254 e. The van der Waals surface area contributed by atoms with E-state index in [-0.39, 0.29) is 12.0 Å². The Morgan fingerprint density at radius 2 is 2.05 bits per heavy atom. The Hall–Kier alpha value is -1.62. The van der Waals surface area contributed by atoms with E-state index in [1.54, 1.807) is 26.4 Å². The molecule has 0 spiro atoms. The van der Waals surface area contributed by atoms with Crippen LogP contribution in [0.3, 0.4) is 0 Å². The lowest BCUT2D eigenvalue weighted by Crippen LogP contribution is -2.37. The van der Waals surface area contributed by atoms with E-state index in [2.05, 4.69) is 9.88 Å². The van der Waals surface area contributed by atoms with Crippen LogP contribution in [0, 0.1) is 5.92 Å². The van der Waals surface area contributed by atoms with Gasteiger partial charge in [0.2, 0.25) is 0 Å². The SMILES string of the molecule is CN(C)C(=O)c1ccc(N(C)CC2CC(O)C2)nc1. The lowest BCUT2D eigenvalue weighted by atomic mass is 9.82. The smallest absolute Gasteiger partial charge is 0.254 e. The van der Waals surface area contributed by atoms with E-state index in [0.717, 1.165) is 25.2 Å². The Morgan fingerprint density at radius 3 is 2.53 bits per heavy atom. The molecule has 2 rings (SSSR count). The van der Waals surface area contributed by atoms with Gasteiger partial charge in [0.15, 0.2) is 0 Å². The van der Waals surface area contributed by atoms with Gasteiger partial charge in [0.05, 0.1) is 11.7 Å². The quantitative estimate of drug-likeness (QED) is 0.880. The summed E-state index contributed by atoms with van der Waals surface area (Å²) < 4.78 is 0. The highest BCUT2D eigenvalue weighted by molar-refractivity contribution is 5.93. The van der Waals surface area contributed by atoms with Gasteiger partial charge in [-0.2, -0.15) is 0 Å². The van der Waals surface area contributed by atoms with Crippen LogP contribution in [0.4, 0.5) is 5.82 Å². The largest absolute Gasteiger partial charge is 0.393 e. The zero-order valence-electron chi connectivity index (χ0n) is 11.7. The molecule has 5 heteroatoms. The van der Waals surface area contributed by atoms with Crippen molar-refractivity contribution in [2.45, 2.75) is 18.9 Å². The highest BCUT2D eigenvalue weighted by Gasteiger charge is 2.28. The van der Waals surface area contributed by atoms with Crippen LogP contribution in [0.25, 0.3) is 0 Å². The molecule has 1 aromatic heterocycles. The second-order valence-electron chi connectivity index (χ2n) is 5.48. The van der Waals surface area contributed by atoms with Crippen molar-refractivity contribution in [1.29, 1.82) is 0 Å². The average Bonchev–Trinajstić information content (AvgIpc) is 2.36. The van der Waals surface area contributed by atoms with Gasteiger partial charge in [-0.1, -0.05) is 0 Å². The molecule has 0 radical (unpaired) electrons. The van der Waals surface area contributed by atoms with E-state index in [0.29, 0.717) is 11.5 Å². The summed E-state index contributed by atoms with van der Waals surface area (Å²) in [6.45, 7) is 0.894. The van der Waals surface area contributed by atoms with Gasteiger partial charge in [0.1, 0.15) is 5.82 Å². The molecule has 19 heavy (non-hydrogen) atoms. The van der Waals surface area contributed by atoms with Crippen LogP contribution in [0.5, 0.6) is 0 Å². The zero-order valence-corrected chi connectivity index (χ0v) is 11.7. The fourth-order valence-electron chi connectivity index (χ4n) is 2.33. The minimum atomic E-state index is -0.119. The number of aromatic nitrogens is 1. The van der Waals surface area contributed by atoms with Gasteiger partial charge in [0, 0.05) is 33.9 Å². The fourth-order valence-corrected chi connectivity index (χ4v) is 2.33. The summed E-state index contributed by atoms with van der Waals surface area (Å²) in [4.78, 5) is 19.7. The molecule has 104 valence electrons. The zero-order chi connectivity index (χ0) is 14.0. The average molecular weight is 263 g/mol. The Bertz CT molecular complexity index is 439. The predicted molar refractivity (Wildman–Crippen MR) is 74.3 cm³/mol. The van der Waals surface area contributed by atoms with Crippen LogP contribution < -0.4 is 4.90 Å². The molecule has 0 atom stereocenters. The molecular weight excluding hydrogens is 242 g/mol. The van der Waals surface area contributed by atoms with Crippen LogP contribution in [-0.4, -0.2) is 54.7 Å². The summed E-state index contributed by atoms with van der Waals surface area (Å²) in [5, 5.41) is 9.27. The first-order chi connectivity index (χ1) is 8.97. The molecule has 0 aliphatic heterocycles. The number of hydrogen-bond donors (Lipinski definition) is 1. The highest BCUT2D eigenvalue weighted by Crippen LogP contribution is 2.28. The molecule has 1 amide bonds. The Balaban J connectivity index is 1.95. The number of aliphatic hydroxyl groups excluding tert-OH is 1. The molecule has 0 aromatic carbocycles. The first-order valence-corrected chi connectivity index (χ1v) is 6.54. The van der Waals surface area contributed by atoms with Gasteiger partial charge in [-0.15, -0.1) is 0 Å². The molecule has 1 heterocycles. The molecule has 1 N–H and O–H groups in total. The highest BCUT2D eigenvalue weighted by atomic mass is 16.3. The Labute approximate surface area is 113 Å². The number of aliphatic hydroxyl groups is 1. The first-order valence-electron chi connectivity index (χ1n) is 6.54. The second-order valence-corrected chi connectivity index (χ2v) is 5.48. The molecule has 1 aromatic rings. The van der Waals surface area contributed by atoms with Crippen LogP contribution in [0.1, 0.15) is 23.2 Å². The molecule has 1 aliphatic carbocycles. The van der Waals surface area contributed by atoms with Gasteiger partial charge < -0.3 is 14.9 Å². The Kier molecular flexibility index (Phi) is 4.04. The summed E-state index contributed by atoms with van der Waals surface area (Å²) in [5.74, 6) is 1.37. The summed E-state index contributed by atoms with van der Waals surface area (Å²) in [7, 11) is 5.44. The third-order valence-electron chi connectivity index (χ3n) is 3.53. The van der Waals surface area contributed by atoms with Crippen molar-refractivity contribution in [1.82, 2.24) is 9.88 Å². The number of amides is 1. The van der Waals surface area contributed by atoms with Crippen molar-refractivity contribution in [3.05, 3.63) is 23.9 Å². The first kappa shape index (κ1) is 13.8. The van der Waals surface area contributed by atoms with Crippen molar-refractivity contribution in [3.63, 3.8) is 0 Å². The third-order valence-corrected chi connectivity index (χ3v) is 3.53. The number of carbonyl (C=O) groups is 1. The van der Waals surface area contributed by atoms with Crippen molar-refractivity contribution in [2.75, 3.05) is 32.6 Å². The van der Waals surface area contributed by atoms with Crippen LogP contribution in [-0.2, 0) is 0 Å². The number of rotatable bonds is 4. The van der Waals surface area contributed by atoms with E-state index in [1.165, 1.54) is 4.90 Å². The van der Waals surface area contributed by atoms with E-state index in [4.69, 9.17) is 0 Å². The molecule has 1 aliphatic rings. The fraction of sp³-hybridized carbons (Fsp3) is 0.571. The summed E-state index contributed by atoms with van der Waals surface area (Å²) in [6, 6.07) is 3.67. The normalized spacial score (nSPS) is 21.7. The number of hydrogen-bond acceptors (Lipinski definition) is 4. The number of pyridine rings is 1. The minimum Gasteiger partial charge on any atom is -0.393 e. The molecule has 0 bridgehead atoms. The molecule has 5 nitrogen and oxygen atoms in total. The predicted octanol–water partition coefficient (Wildman–Crippen LogP) is 0.990. The van der Waals surface area contributed by atoms with E-state index in [9.17, 15) is 9.90 Å². The standard InChI is InChI=1S/C14H21N3O2/c1-16(2)14(19)11-4-5-13(15-8-11)17(3)9-10-6-12(18)7-10/h4-5,8,10,12,18H,6-7,9H2,1-3H3.